The van der Waals surface area contributed by atoms with Gasteiger partial charge < -0.3 is 5.32 Å². The Hall–Kier alpha value is -3.29. The van der Waals surface area contributed by atoms with E-state index in [1.54, 1.807) is 4.68 Å². The van der Waals surface area contributed by atoms with E-state index in [4.69, 9.17) is 0 Å². The van der Waals surface area contributed by atoms with Gasteiger partial charge in [-0.25, -0.2) is 9.36 Å². The first-order valence-electron chi connectivity index (χ1n) is 8.56. The molecule has 8 heteroatoms. The molecule has 0 radical (unpaired) electrons. The van der Waals surface area contributed by atoms with Crippen molar-refractivity contribution in [3.63, 3.8) is 0 Å². The van der Waals surface area contributed by atoms with Gasteiger partial charge in [-0.2, -0.15) is 0 Å². The average Bonchev–Trinajstić information content (AvgIpc) is 3.24. The molecule has 0 aliphatic heterocycles. The van der Waals surface area contributed by atoms with Gasteiger partial charge in [0.15, 0.2) is 0 Å². The predicted octanol–water partition coefficient (Wildman–Crippen LogP) is 1.77. The first-order valence-corrected chi connectivity index (χ1v) is 8.56. The highest BCUT2D eigenvalue weighted by Gasteiger charge is 2.12. The summed E-state index contributed by atoms with van der Waals surface area (Å²) in [7, 11) is 0. The van der Waals surface area contributed by atoms with E-state index in [0.717, 1.165) is 22.1 Å². The highest BCUT2D eigenvalue weighted by Crippen LogP contribution is 2.11. The second-order valence-corrected chi connectivity index (χ2v) is 6.28. The van der Waals surface area contributed by atoms with E-state index < -0.39 is 0 Å². The van der Waals surface area contributed by atoms with Crippen LogP contribution in [0.1, 0.15) is 13.3 Å². The number of benzene rings is 2. The molecule has 0 bridgehead atoms. The summed E-state index contributed by atoms with van der Waals surface area (Å²) >= 11 is 0. The van der Waals surface area contributed by atoms with Gasteiger partial charge in [0.1, 0.15) is 11.0 Å². The Morgan fingerprint density at radius 1 is 0.962 bits per heavy atom. The number of carbonyl (C=O) groups excluding carboxylic acids is 1. The number of aryl methyl sites for hydroxylation is 1. The Bertz CT molecular complexity index is 1050. The molecule has 4 rings (SSSR count). The molecular weight excluding hydrogens is 330 g/mol. The number of carbonyl (C=O) groups is 1. The van der Waals surface area contributed by atoms with Crippen molar-refractivity contribution in [1.29, 1.82) is 0 Å². The van der Waals surface area contributed by atoms with Gasteiger partial charge in [-0.3, -0.25) is 4.79 Å². The van der Waals surface area contributed by atoms with Crippen molar-refractivity contribution in [3.05, 3.63) is 48.5 Å². The van der Waals surface area contributed by atoms with Crippen molar-refractivity contribution in [3.8, 4) is 0 Å². The minimum Gasteiger partial charge on any atom is -0.352 e. The van der Waals surface area contributed by atoms with Crippen molar-refractivity contribution in [2.45, 2.75) is 32.5 Å². The van der Waals surface area contributed by atoms with Crippen LogP contribution in [0.4, 0.5) is 0 Å². The van der Waals surface area contributed by atoms with Crippen LogP contribution in [-0.4, -0.2) is 41.9 Å². The van der Waals surface area contributed by atoms with Crippen molar-refractivity contribution in [1.82, 2.24) is 35.3 Å². The molecule has 26 heavy (non-hydrogen) atoms. The number of hydrogen-bond donors (Lipinski definition) is 1. The normalized spacial score (nSPS) is 12.5. The third kappa shape index (κ3) is 3.26. The average molecular weight is 349 g/mol. The van der Waals surface area contributed by atoms with Gasteiger partial charge in [-0.15, -0.1) is 10.2 Å². The van der Waals surface area contributed by atoms with E-state index in [2.05, 4.69) is 25.9 Å². The summed E-state index contributed by atoms with van der Waals surface area (Å²) in [5.41, 5.74) is 3.58. The zero-order valence-corrected chi connectivity index (χ0v) is 14.4. The Balaban J connectivity index is 1.34. The molecule has 8 nitrogen and oxygen atoms in total. The summed E-state index contributed by atoms with van der Waals surface area (Å²) in [5, 5.41) is 19.5. The van der Waals surface area contributed by atoms with Gasteiger partial charge in [0, 0.05) is 12.5 Å². The Kier molecular flexibility index (Phi) is 4.30. The van der Waals surface area contributed by atoms with Crippen molar-refractivity contribution in [2.24, 2.45) is 0 Å². The number of hydrogen-bond acceptors (Lipinski definition) is 5. The lowest BCUT2D eigenvalue weighted by Gasteiger charge is -2.14. The number of nitrogens with zero attached hydrogens (tertiary/aromatic N) is 6. The minimum absolute atomic E-state index is 0.0264. The van der Waals surface area contributed by atoms with Crippen molar-refractivity contribution in [2.75, 3.05) is 0 Å². The quantitative estimate of drug-likeness (QED) is 0.573. The van der Waals surface area contributed by atoms with Crippen LogP contribution in [0.5, 0.6) is 0 Å². The van der Waals surface area contributed by atoms with E-state index in [1.165, 1.54) is 0 Å². The summed E-state index contributed by atoms with van der Waals surface area (Å²) in [6.45, 7) is 3.02. The second kappa shape index (κ2) is 6.91. The predicted molar refractivity (Wildman–Crippen MR) is 97.3 cm³/mol. The fourth-order valence-electron chi connectivity index (χ4n) is 2.99. The number of nitrogens with one attached hydrogen (secondary N) is 1. The first-order chi connectivity index (χ1) is 12.7. The second-order valence-electron chi connectivity index (χ2n) is 6.28. The van der Waals surface area contributed by atoms with Crippen LogP contribution in [0.25, 0.3) is 22.1 Å². The number of amides is 1. The zero-order valence-electron chi connectivity index (χ0n) is 14.4. The molecule has 0 unspecified atom stereocenters. The number of aromatic nitrogens is 6. The molecule has 1 N–H and O–H groups in total. The monoisotopic (exact) mass is 349 g/mol. The lowest BCUT2D eigenvalue weighted by atomic mass is 10.2. The van der Waals surface area contributed by atoms with E-state index in [-0.39, 0.29) is 11.9 Å². The molecule has 0 saturated heterocycles. The number of fused-ring (bicyclic) bond motifs is 2. The molecule has 1 atom stereocenters. The van der Waals surface area contributed by atoms with Gasteiger partial charge >= 0.3 is 0 Å². The Labute approximate surface area is 149 Å². The van der Waals surface area contributed by atoms with Crippen LogP contribution < -0.4 is 5.32 Å². The van der Waals surface area contributed by atoms with E-state index in [0.29, 0.717) is 19.5 Å². The van der Waals surface area contributed by atoms with Gasteiger partial charge in [-0.05, 0) is 31.2 Å². The topological polar surface area (TPSA) is 90.5 Å². The maximum atomic E-state index is 12.3. The van der Waals surface area contributed by atoms with Crippen LogP contribution in [-0.2, 0) is 17.9 Å². The summed E-state index contributed by atoms with van der Waals surface area (Å²) in [4.78, 5) is 12.3. The smallest absolute Gasteiger partial charge is 0.222 e. The van der Waals surface area contributed by atoms with Crippen molar-refractivity contribution < 1.29 is 4.79 Å². The molecule has 4 aromatic rings. The summed E-state index contributed by atoms with van der Waals surface area (Å²) in [5.74, 6) is -0.0264. The molecule has 0 aliphatic carbocycles. The van der Waals surface area contributed by atoms with E-state index in [1.807, 2.05) is 60.1 Å². The SMILES string of the molecule is C[C@H](Cn1nnc2ccccc21)NC(=O)CCn1nnc2ccccc21. The number of para-hydroxylation sites is 2. The molecule has 0 spiro atoms. The molecule has 0 fully saturated rings. The third-order valence-corrected chi connectivity index (χ3v) is 4.25. The lowest BCUT2D eigenvalue weighted by molar-refractivity contribution is -0.122. The molecule has 0 aliphatic rings. The number of rotatable bonds is 6. The standard InChI is InChI=1S/C18H19N7O/c1-13(12-25-17-9-5-3-7-15(17)21-23-25)19-18(26)10-11-24-16-8-4-2-6-14(16)20-22-24/h2-9,13H,10-12H2,1H3,(H,19,26)/t13-/m1/s1. The molecule has 1 amide bonds. The van der Waals surface area contributed by atoms with Gasteiger partial charge in [0.05, 0.1) is 24.1 Å². The van der Waals surface area contributed by atoms with Crippen LogP contribution in [0, 0.1) is 0 Å². The van der Waals surface area contributed by atoms with Crippen LogP contribution in [0.3, 0.4) is 0 Å². The lowest BCUT2D eigenvalue weighted by Crippen LogP contribution is -2.36. The first kappa shape index (κ1) is 16.2. The van der Waals surface area contributed by atoms with E-state index >= 15 is 0 Å². The molecular formula is C18H19N7O. The van der Waals surface area contributed by atoms with Crippen LogP contribution >= 0.6 is 0 Å². The molecule has 0 saturated carbocycles. The van der Waals surface area contributed by atoms with Gasteiger partial charge in [-0.1, -0.05) is 34.7 Å². The Morgan fingerprint density at radius 3 is 2.23 bits per heavy atom. The molecule has 2 heterocycles. The van der Waals surface area contributed by atoms with Gasteiger partial charge in [0.25, 0.3) is 0 Å². The van der Waals surface area contributed by atoms with Crippen molar-refractivity contribution >= 4 is 28.0 Å². The highest BCUT2D eigenvalue weighted by molar-refractivity contribution is 5.77. The van der Waals surface area contributed by atoms with E-state index in [9.17, 15) is 4.79 Å². The summed E-state index contributed by atoms with van der Waals surface area (Å²) in [6.07, 6.45) is 0.343. The highest BCUT2D eigenvalue weighted by atomic mass is 16.1. The molecule has 132 valence electrons. The summed E-state index contributed by atoms with van der Waals surface area (Å²) < 4.78 is 3.57. The third-order valence-electron chi connectivity index (χ3n) is 4.25. The Morgan fingerprint density at radius 2 is 1.54 bits per heavy atom. The zero-order chi connectivity index (χ0) is 17.9. The van der Waals surface area contributed by atoms with Crippen LogP contribution in [0.2, 0.25) is 0 Å². The summed E-state index contributed by atoms with van der Waals surface area (Å²) in [6, 6.07) is 15.4. The van der Waals surface area contributed by atoms with Crippen LogP contribution in [0.15, 0.2) is 48.5 Å². The fraction of sp³-hybridized carbons (Fsp3) is 0.278. The maximum Gasteiger partial charge on any atom is 0.222 e. The minimum atomic E-state index is -0.0555. The fourth-order valence-corrected chi connectivity index (χ4v) is 2.99. The largest absolute Gasteiger partial charge is 0.352 e. The molecule has 2 aromatic carbocycles. The van der Waals surface area contributed by atoms with Gasteiger partial charge in [0.2, 0.25) is 5.91 Å². The molecule has 2 aromatic heterocycles. The maximum absolute atomic E-state index is 12.3.